The van der Waals surface area contributed by atoms with Crippen LogP contribution in [-0.4, -0.2) is 22.8 Å². The molecular weight excluding hydrogens is 392 g/mol. The number of hydrogen-bond donors (Lipinski definition) is 0. The number of carbonyl (C=O) groups excluding carboxylic acids is 2. The van der Waals surface area contributed by atoms with Gasteiger partial charge in [-0.3, -0.25) is 19.3 Å². The van der Waals surface area contributed by atoms with Crippen LogP contribution in [0.1, 0.15) is 17.4 Å². The Bertz CT molecular complexity index is 1040. The van der Waals surface area contributed by atoms with E-state index < -0.39 is 18.1 Å². The molecule has 0 saturated carbocycles. The fourth-order valence-corrected chi connectivity index (χ4v) is 4.08. The van der Waals surface area contributed by atoms with Gasteiger partial charge in [0.15, 0.2) is 6.10 Å². The van der Waals surface area contributed by atoms with Crippen LogP contribution in [-0.2, 0) is 21.0 Å². The standard InChI is InChI=1S/C22H17ClN2O4/c23-15-8-10-16(11-9-15)25-19(17-7-4-12-28-17)18-20(29-25)22(27)24(21(18)26)13-14-5-2-1-3-6-14/h1-12,18-20H,13H2/t18-,19-,20+/m1/s1. The summed E-state index contributed by atoms with van der Waals surface area (Å²) in [5, 5.41) is 2.17. The first-order chi connectivity index (χ1) is 14.1. The molecule has 0 radical (unpaired) electrons. The molecular formula is C22H17ClN2O4. The minimum atomic E-state index is -0.892. The average Bonchev–Trinajstić information content (AvgIpc) is 3.44. The maximum Gasteiger partial charge on any atom is 0.262 e. The predicted octanol–water partition coefficient (Wildman–Crippen LogP) is 3.98. The lowest BCUT2D eigenvalue weighted by atomic mass is 9.94. The lowest BCUT2D eigenvalue weighted by Gasteiger charge is -2.27. The second-order valence-corrected chi connectivity index (χ2v) is 7.50. The number of halogens is 1. The highest BCUT2D eigenvalue weighted by Gasteiger charge is 2.60. The molecule has 2 aliphatic rings. The van der Waals surface area contributed by atoms with Crippen molar-refractivity contribution in [3.05, 3.63) is 89.3 Å². The van der Waals surface area contributed by atoms with Gasteiger partial charge in [-0.15, -0.1) is 0 Å². The van der Waals surface area contributed by atoms with Crippen LogP contribution in [0.15, 0.2) is 77.4 Å². The van der Waals surface area contributed by atoms with Crippen molar-refractivity contribution in [2.75, 3.05) is 5.06 Å². The second kappa shape index (κ2) is 7.06. The zero-order chi connectivity index (χ0) is 20.0. The Labute approximate surface area is 172 Å². The van der Waals surface area contributed by atoms with Gasteiger partial charge in [0.1, 0.15) is 17.7 Å². The first-order valence-electron chi connectivity index (χ1n) is 9.27. The molecule has 2 saturated heterocycles. The highest BCUT2D eigenvalue weighted by molar-refractivity contribution is 6.30. The van der Waals surface area contributed by atoms with E-state index in [0.717, 1.165) is 5.56 Å². The topological polar surface area (TPSA) is 63.0 Å². The van der Waals surface area contributed by atoms with Gasteiger partial charge in [-0.25, -0.2) is 5.06 Å². The van der Waals surface area contributed by atoms with Crippen LogP contribution in [0, 0.1) is 5.92 Å². The van der Waals surface area contributed by atoms with E-state index in [1.54, 1.807) is 47.7 Å². The lowest BCUT2D eigenvalue weighted by molar-refractivity contribution is -0.143. The van der Waals surface area contributed by atoms with Crippen molar-refractivity contribution >= 4 is 29.1 Å². The van der Waals surface area contributed by atoms with Gasteiger partial charge in [0.05, 0.1) is 18.5 Å². The molecule has 3 aromatic rings. The van der Waals surface area contributed by atoms with Crippen LogP contribution in [0.25, 0.3) is 0 Å². The van der Waals surface area contributed by atoms with E-state index in [2.05, 4.69) is 0 Å². The van der Waals surface area contributed by atoms with Gasteiger partial charge in [0, 0.05) is 5.02 Å². The number of carbonyl (C=O) groups is 2. The van der Waals surface area contributed by atoms with Gasteiger partial charge in [-0.1, -0.05) is 41.9 Å². The van der Waals surface area contributed by atoms with Crippen molar-refractivity contribution in [1.29, 1.82) is 0 Å². The third kappa shape index (κ3) is 3.01. The lowest BCUT2D eigenvalue weighted by Crippen LogP contribution is -2.36. The van der Waals surface area contributed by atoms with E-state index in [-0.39, 0.29) is 18.4 Å². The number of rotatable bonds is 4. The zero-order valence-corrected chi connectivity index (χ0v) is 16.0. The summed E-state index contributed by atoms with van der Waals surface area (Å²) in [5.41, 5.74) is 1.58. The van der Waals surface area contributed by atoms with Gasteiger partial charge in [0.25, 0.3) is 5.91 Å². The molecule has 146 valence electrons. The summed E-state index contributed by atoms with van der Waals surface area (Å²) in [7, 11) is 0. The van der Waals surface area contributed by atoms with E-state index in [9.17, 15) is 9.59 Å². The summed E-state index contributed by atoms with van der Waals surface area (Å²) in [4.78, 5) is 33.6. The van der Waals surface area contributed by atoms with Crippen molar-refractivity contribution in [2.24, 2.45) is 5.92 Å². The number of benzene rings is 2. The van der Waals surface area contributed by atoms with E-state index in [1.165, 1.54) is 4.90 Å². The largest absolute Gasteiger partial charge is 0.467 e. The zero-order valence-electron chi connectivity index (χ0n) is 15.3. The van der Waals surface area contributed by atoms with E-state index >= 15 is 0 Å². The van der Waals surface area contributed by atoms with Crippen LogP contribution in [0.2, 0.25) is 5.02 Å². The van der Waals surface area contributed by atoms with Gasteiger partial charge in [-0.05, 0) is 42.0 Å². The summed E-state index contributed by atoms with van der Waals surface area (Å²) >= 11 is 6.00. The first-order valence-corrected chi connectivity index (χ1v) is 9.65. The Balaban J connectivity index is 1.50. The number of anilines is 1. The molecule has 6 nitrogen and oxygen atoms in total. The minimum absolute atomic E-state index is 0.223. The number of likely N-dealkylation sites (tertiary alicyclic amines) is 1. The Morgan fingerprint density at radius 2 is 1.66 bits per heavy atom. The van der Waals surface area contributed by atoms with Crippen molar-refractivity contribution in [3.8, 4) is 0 Å². The van der Waals surface area contributed by atoms with Crippen LogP contribution in [0.3, 0.4) is 0 Å². The maximum absolute atomic E-state index is 13.3. The Morgan fingerprint density at radius 1 is 0.897 bits per heavy atom. The van der Waals surface area contributed by atoms with Crippen LogP contribution in [0.5, 0.6) is 0 Å². The summed E-state index contributed by atoms with van der Waals surface area (Å²) < 4.78 is 5.61. The normalized spacial score (nSPS) is 23.7. The van der Waals surface area contributed by atoms with Gasteiger partial charge in [-0.2, -0.15) is 0 Å². The number of fused-ring (bicyclic) bond motifs is 1. The molecule has 2 fully saturated rings. The third-order valence-electron chi connectivity index (χ3n) is 5.31. The molecule has 0 aliphatic carbocycles. The van der Waals surface area contributed by atoms with Crippen LogP contribution in [0.4, 0.5) is 5.69 Å². The molecule has 29 heavy (non-hydrogen) atoms. The van der Waals surface area contributed by atoms with Crippen LogP contribution < -0.4 is 5.06 Å². The number of hydroxylamine groups is 1. The van der Waals surface area contributed by atoms with Crippen molar-refractivity contribution in [2.45, 2.75) is 18.7 Å². The van der Waals surface area contributed by atoms with Gasteiger partial charge < -0.3 is 4.42 Å². The molecule has 7 heteroatoms. The number of amides is 2. The molecule has 2 amide bonds. The molecule has 1 aromatic heterocycles. The Morgan fingerprint density at radius 3 is 2.34 bits per heavy atom. The highest BCUT2D eigenvalue weighted by Crippen LogP contribution is 2.47. The number of furan rings is 1. The number of hydrogen-bond acceptors (Lipinski definition) is 5. The average molecular weight is 409 g/mol. The van der Waals surface area contributed by atoms with E-state index in [0.29, 0.717) is 16.5 Å². The third-order valence-corrected chi connectivity index (χ3v) is 5.56. The fraction of sp³-hybridized carbons (Fsp3) is 0.182. The highest BCUT2D eigenvalue weighted by atomic mass is 35.5. The maximum atomic E-state index is 13.3. The van der Waals surface area contributed by atoms with Crippen molar-refractivity contribution < 1.29 is 18.8 Å². The fourth-order valence-electron chi connectivity index (χ4n) is 3.95. The SMILES string of the molecule is O=C1[C@H]2[C@H](ON(c3ccc(Cl)cc3)[C@@H]2c2ccco2)C(=O)N1Cc1ccccc1. The Kier molecular flexibility index (Phi) is 4.38. The molecule has 5 rings (SSSR count). The molecule has 0 bridgehead atoms. The molecule has 3 heterocycles. The molecule has 2 aliphatic heterocycles. The smallest absolute Gasteiger partial charge is 0.262 e. The molecule has 0 N–H and O–H groups in total. The van der Waals surface area contributed by atoms with Gasteiger partial charge >= 0.3 is 0 Å². The molecule has 2 aromatic carbocycles. The molecule has 0 spiro atoms. The molecule has 3 atom stereocenters. The first kappa shape index (κ1) is 18.0. The number of nitrogens with zero attached hydrogens (tertiary/aromatic N) is 2. The summed E-state index contributed by atoms with van der Waals surface area (Å²) in [6.07, 6.45) is 0.656. The summed E-state index contributed by atoms with van der Waals surface area (Å²) in [6.45, 7) is 0.223. The quantitative estimate of drug-likeness (QED) is 0.611. The molecule has 0 unspecified atom stereocenters. The van der Waals surface area contributed by atoms with Gasteiger partial charge in [0.2, 0.25) is 5.91 Å². The number of imide groups is 1. The van der Waals surface area contributed by atoms with Crippen molar-refractivity contribution in [1.82, 2.24) is 4.90 Å². The van der Waals surface area contributed by atoms with Crippen LogP contribution >= 0.6 is 11.6 Å². The summed E-state index contributed by atoms with van der Waals surface area (Å²) in [6, 6.07) is 19.5. The monoisotopic (exact) mass is 408 g/mol. The second-order valence-electron chi connectivity index (χ2n) is 7.06. The minimum Gasteiger partial charge on any atom is -0.467 e. The summed E-state index contributed by atoms with van der Waals surface area (Å²) in [5.74, 6) is -0.721. The van der Waals surface area contributed by atoms with E-state index in [4.69, 9.17) is 20.9 Å². The Hall–Kier alpha value is -3.09. The predicted molar refractivity (Wildman–Crippen MR) is 106 cm³/mol. The van der Waals surface area contributed by atoms with E-state index in [1.807, 2.05) is 30.3 Å². The van der Waals surface area contributed by atoms with Crippen molar-refractivity contribution in [3.63, 3.8) is 0 Å².